The molecular weight excluding hydrogens is 678 g/mol. The SMILES string of the molecule is COC(C)(OC)c1cc2c(OC(=O)NCCN(CC(C)=O)C(=O)OC(C)(C)C)c3ccccc3c(OC(=O)NCCCCC(=O)OC(C)(C)C)c2o1. The van der Waals surface area contributed by atoms with Crippen molar-refractivity contribution in [2.75, 3.05) is 40.4 Å². The number of fused-ring (bicyclic) bond motifs is 2. The molecule has 0 unspecified atom stereocenters. The van der Waals surface area contributed by atoms with Gasteiger partial charge in [-0.25, -0.2) is 14.4 Å². The number of ketones is 1. The first-order valence-corrected chi connectivity index (χ1v) is 17.0. The van der Waals surface area contributed by atoms with Crippen molar-refractivity contribution >= 4 is 51.8 Å². The third kappa shape index (κ3) is 11.8. The van der Waals surface area contributed by atoms with Gasteiger partial charge in [0.1, 0.15) is 17.0 Å². The van der Waals surface area contributed by atoms with Gasteiger partial charge in [-0.3, -0.25) is 14.5 Å². The molecule has 2 N–H and O–H groups in total. The summed E-state index contributed by atoms with van der Waals surface area (Å²) in [4.78, 5) is 64.0. The second kappa shape index (κ2) is 17.6. The first kappa shape index (κ1) is 41.5. The van der Waals surface area contributed by atoms with Crippen LogP contribution in [0.3, 0.4) is 0 Å². The van der Waals surface area contributed by atoms with Crippen LogP contribution in [0.15, 0.2) is 34.7 Å². The Bertz CT molecular complexity index is 1750. The van der Waals surface area contributed by atoms with Crippen LogP contribution in [-0.2, 0) is 34.3 Å². The van der Waals surface area contributed by atoms with E-state index in [9.17, 15) is 24.0 Å². The van der Waals surface area contributed by atoms with Gasteiger partial charge in [-0.15, -0.1) is 0 Å². The van der Waals surface area contributed by atoms with E-state index in [1.807, 2.05) is 0 Å². The van der Waals surface area contributed by atoms with Crippen molar-refractivity contribution in [2.24, 2.45) is 0 Å². The number of nitrogens with one attached hydrogen (secondary N) is 2. The molecule has 0 fully saturated rings. The van der Waals surface area contributed by atoms with E-state index in [2.05, 4.69) is 10.6 Å². The van der Waals surface area contributed by atoms with E-state index >= 15 is 0 Å². The highest BCUT2D eigenvalue weighted by molar-refractivity contribution is 6.11. The lowest BCUT2D eigenvalue weighted by Crippen LogP contribution is -2.43. The van der Waals surface area contributed by atoms with Gasteiger partial charge in [0.05, 0.1) is 11.9 Å². The molecule has 0 radical (unpaired) electrons. The Hall–Kier alpha value is -4.89. The normalized spacial score (nSPS) is 12.0. The number of Topliss-reactive ketones (excluding diaryl/α,β-unsaturated/α-hetero) is 1. The van der Waals surface area contributed by atoms with Gasteiger partial charge in [-0.2, -0.15) is 0 Å². The van der Waals surface area contributed by atoms with Crippen LogP contribution in [0.2, 0.25) is 0 Å². The van der Waals surface area contributed by atoms with Crippen LogP contribution in [0, 0.1) is 0 Å². The predicted molar refractivity (Wildman–Crippen MR) is 191 cm³/mol. The number of rotatable bonds is 15. The Labute approximate surface area is 303 Å². The van der Waals surface area contributed by atoms with Crippen molar-refractivity contribution in [3.05, 3.63) is 36.1 Å². The number of carbonyl (C=O) groups excluding carboxylic acids is 5. The fourth-order valence-electron chi connectivity index (χ4n) is 4.95. The lowest BCUT2D eigenvalue weighted by atomic mass is 10.0. The molecule has 0 atom stereocenters. The number of unbranched alkanes of at least 4 members (excludes halogenated alkanes) is 1. The molecule has 286 valence electrons. The van der Waals surface area contributed by atoms with E-state index < -0.39 is 35.3 Å². The Kier molecular flexibility index (Phi) is 14.0. The fourth-order valence-corrected chi connectivity index (χ4v) is 4.95. The Morgan fingerprint density at radius 2 is 1.31 bits per heavy atom. The average molecular weight is 730 g/mol. The van der Waals surface area contributed by atoms with Crippen molar-refractivity contribution < 1.29 is 56.8 Å². The van der Waals surface area contributed by atoms with Gasteiger partial charge in [0.15, 0.2) is 22.8 Å². The van der Waals surface area contributed by atoms with Crippen molar-refractivity contribution in [1.29, 1.82) is 0 Å². The number of hydrogen-bond acceptors (Lipinski definition) is 12. The van der Waals surface area contributed by atoms with Gasteiger partial charge >= 0.3 is 24.2 Å². The van der Waals surface area contributed by atoms with Crippen LogP contribution < -0.4 is 20.1 Å². The fraction of sp³-hybridized carbons (Fsp3) is 0.541. The van der Waals surface area contributed by atoms with E-state index in [0.717, 1.165) is 0 Å². The van der Waals surface area contributed by atoms with Gasteiger partial charge in [0.25, 0.3) is 0 Å². The zero-order valence-electron chi connectivity index (χ0n) is 31.7. The molecule has 3 rings (SSSR count). The summed E-state index contributed by atoms with van der Waals surface area (Å²) >= 11 is 0. The Morgan fingerprint density at radius 3 is 1.87 bits per heavy atom. The molecule has 0 aliphatic carbocycles. The van der Waals surface area contributed by atoms with Gasteiger partial charge in [0.2, 0.25) is 5.79 Å². The molecule has 0 saturated carbocycles. The first-order valence-electron chi connectivity index (χ1n) is 17.0. The zero-order chi connectivity index (χ0) is 38.9. The first-order chi connectivity index (χ1) is 24.3. The summed E-state index contributed by atoms with van der Waals surface area (Å²) in [6, 6.07) is 8.38. The monoisotopic (exact) mass is 729 g/mol. The second-order valence-corrected chi connectivity index (χ2v) is 14.2. The molecule has 3 amide bonds. The number of nitrogens with zero attached hydrogens (tertiary/aromatic N) is 1. The number of hydrogen-bond donors (Lipinski definition) is 2. The molecule has 2 aromatic carbocycles. The average Bonchev–Trinajstić information content (AvgIpc) is 3.49. The van der Waals surface area contributed by atoms with E-state index in [0.29, 0.717) is 23.6 Å². The van der Waals surface area contributed by atoms with Gasteiger partial charge in [-0.1, -0.05) is 24.3 Å². The topological polar surface area (TPSA) is 181 Å². The summed E-state index contributed by atoms with van der Waals surface area (Å²) in [7, 11) is 2.86. The quantitative estimate of drug-likeness (QED) is 0.0978. The standard InChI is InChI=1S/C37H51N3O12/c1-23(41)22-40(34(45)52-36(5,6)7)20-19-39-33(44)49-29-24-15-11-12-16-25(24)30(31-26(29)21-27(48-31)37(8,46-9)47-10)50-32(43)38-18-14-13-17-28(42)51-35(2,3)4/h11-12,15-16,21H,13-14,17-20,22H2,1-10H3,(H,38,43)(H,39,44). The maximum absolute atomic E-state index is 13.2. The summed E-state index contributed by atoms with van der Waals surface area (Å²) in [6.45, 7) is 13.4. The molecule has 1 heterocycles. The number of benzene rings is 2. The number of ether oxygens (including phenoxy) is 6. The number of carbonyl (C=O) groups is 5. The van der Waals surface area contributed by atoms with Crippen molar-refractivity contribution in [3.63, 3.8) is 0 Å². The number of furan rings is 1. The molecule has 0 aliphatic heterocycles. The molecule has 3 aromatic rings. The highest BCUT2D eigenvalue weighted by atomic mass is 16.7. The summed E-state index contributed by atoms with van der Waals surface area (Å²) in [6.07, 6.45) is -1.12. The van der Waals surface area contributed by atoms with Crippen molar-refractivity contribution in [3.8, 4) is 11.5 Å². The lowest BCUT2D eigenvalue weighted by molar-refractivity contribution is -0.212. The molecule has 15 nitrogen and oxygen atoms in total. The minimum atomic E-state index is -1.36. The van der Waals surface area contributed by atoms with Gasteiger partial charge < -0.3 is 43.5 Å². The third-order valence-corrected chi connectivity index (χ3v) is 7.43. The largest absolute Gasteiger partial charge is 0.460 e. The molecule has 0 aliphatic rings. The highest BCUT2D eigenvalue weighted by Gasteiger charge is 2.33. The Balaban J connectivity index is 1.87. The van der Waals surface area contributed by atoms with Crippen LogP contribution >= 0.6 is 0 Å². The summed E-state index contributed by atoms with van der Waals surface area (Å²) < 4.78 is 39.7. The number of esters is 1. The van der Waals surface area contributed by atoms with Crippen molar-refractivity contribution in [2.45, 2.75) is 91.6 Å². The van der Waals surface area contributed by atoms with Gasteiger partial charge in [-0.05, 0) is 74.3 Å². The molecule has 15 heteroatoms. The molecule has 0 saturated heterocycles. The van der Waals surface area contributed by atoms with Crippen molar-refractivity contribution in [1.82, 2.24) is 15.5 Å². The molecule has 52 heavy (non-hydrogen) atoms. The third-order valence-electron chi connectivity index (χ3n) is 7.43. The summed E-state index contributed by atoms with van der Waals surface area (Å²) in [5, 5.41) is 6.40. The zero-order valence-corrected chi connectivity index (χ0v) is 31.7. The van der Waals surface area contributed by atoms with Crippen LogP contribution in [0.25, 0.3) is 21.7 Å². The highest BCUT2D eigenvalue weighted by Crippen LogP contribution is 2.46. The maximum atomic E-state index is 13.2. The van der Waals surface area contributed by atoms with E-state index in [4.69, 9.17) is 32.8 Å². The van der Waals surface area contributed by atoms with Crippen LogP contribution in [0.5, 0.6) is 11.5 Å². The molecule has 0 bridgehead atoms. The number of methoxy groups -OCH3 is 2. The molecule has 0 spiro atoms. The summed E-state index contributed by atoms with van der Waals surface area (Å²) in [5.74, 6) is -1.59. The minimum Gasteiger partial charge on any atom is -0.460 e. The predicted octanol–water partition coefficient (Wildman–Crippen LogP) is 6.57. The summed E-state index contributed by atoms with van der Waals surface area (Å²) in [5.41, 5.74) is -1.28. The second-order valence-electron chi connectivity index (χ2n) is 14.2. The lowest BCUT2D eigenvalue weighted by Gasteiger charge is -2.26. The van der Waals surface area contributed by atoms with E-state index in [1.165, 1.54) is 26.0 Å². The molecular formula is C37H51N3O12. The van der Waals surface area contributed by atoms with Crippen LogP contribution in [-0.4, -0.2) is 86.5 Å². The Morgan fingerprint density at radius 1 is 0.750 bits per heavy atom. The van der Waals surface area contributed by atoms with E-state index in [1.54, 1.807) is 78.8 Å². The smallest absolute Gasteiger partial charge is 0.412 e. The molecule has 1 aromatic heterocycles. The number of amides is 3. The maximum Gasteiger partial charge on any atom is 0.412 e. The van der Waals surface area contributed by atoms with Crippen LogP contribution in [0.4, 0.5) is 14.4 Å². The minimum absolute atomic E-state index is 0.0292. The van der Waals surface area contributed by atoms with Gasteiger partial charge in [0, 0.05) is 51.0 Å². The van der Waals surface area contributed by atoms with Crippen LogP contribution in [0.1, 0.15) is 80.4 Å². The van der Waals surface area contributed by atoms with E-state index in [-0.39, 0.29) is 72.6 Å².